The predicted molar refractivity (Wildman–Crippen MR) is 78.3 cm³/mol. The summed E-state index contributed by atoms with van der Waals surface area (Å²) in [6.45, 7) is 3.98. The Morgan fingerprint density at radius 1 is 1.05 bits per heavy atom. The van der Waals surface area contributed by atoms with Gasteiger partial charge in [-0.05, 0) is 25.3 Å². The van der Waals surface area contributed by atoms with Crippen molar-refractivity contribution < 1.29 is 0 Å². The zero-order chi connectivity index (χ0) is 13.5. The molecule has 0 unspecified atom stereocenters. The molecule has 0 aliphatic carbocycles. The van der Waals surface area contributed by atoms with Crippen LogP contribution in [0, 0.1) is 0 Å². The number of rotatable bonds is 2. The second-order valence-electron chi connectivity index (χ2n) is 5.37. The van der Waals surface area contributed by atoms with E-state index in [-0.39, 0.29) is 0 Å². The van der Waals surface area contributed by atoms with Gasteiger partial charge in [-0.3, -0.25) is 0 Å². The summed E-state index contributed by atoms with van der Waals surface area (Å²) in [5.41, 5.74) is 7.92. The Morgan fingerprint density at radius 2 is 1.79 bits per heavy atom. The molecule has 1 aromatic heterocycles. The minimum absolute atomic E-state index is 0.423. The second kappa shape index (κ2) is 4.21. The van der Waals surface area contributed by atoms with Crippen LogP contribution in [0.4, 0.5) is 0 Å². The minimum Gasteiger partial charge on any atom is -0.321 e. The van der Waals surface area contributed by atoms with Crippen LogP contribution in [-0.2, 0) is 5.54 Å². The molecule has 3 heteroatoms. The third-order valence-electron chi connectivity index (χ3n) is 3.32. The molecule has 0 fully saturated rings. The molecule has 3 nitrogen and oxygen atoms in total. The third kappa shape index (κ3) is 2.02. The van der Waals surface area contributed by atoms with Crippen LogP contribution in [0.15, 0.2) is 55.0 Å². The maximum atomic E-state index is 6.22. The molecule has 3 aromatic rings. The van der Waals surface area contributed by atoms with Crippen molar-refractivity contribution >= 4 is 10.8 Å². The van der Waals surface area contributed by atoms with Gasteiger partial charge in [0.1, 0.15) is 0 Å². The molecule has 2 aromatic carbocycles. The number of hydrogen-bond donors (Lipinski definition) is 1. The summed E-state index contributed by atoms with van der Waals surface area (Å²) in [5.74, 6) is 0. The summed E-state index contributed by atoms with van der Waals surface area (Å²) in [6.07, 6.45) is 3.66. The zero-order valence-corrected chi connectivity index (χ0v) is 11.2. The van der Waals surface area contributed by atoms with Crippen molar-refractivity contribution in [3.05, 3.63) is 60.7 Å². The first-order valence-corrected chi connectivity index (χ1v) is 6.37. The molecule has 96 valence electrons. The standard InChI is InChI=1S/C16H17N3/c1-16(2,17)15-10-18-11-19(15)14-9-5-7-12-6-3-4-8-13(12)14/h3-11H,17H2,1-2H3. The topological polar surface area (TPSA) is 43.8 Å². The van der Waals surface area contributed by atoms with E-state index in [0.717, 1.165) is 11.4 Å². The molecule has 0 saturated carbocycles. The van der Waals surface area contributed by atoms with Crippen molar-refractivity contribution in [2.24, 2.45) is 5.73 Å². The first-order chi connectivity index (χ1) is 9.07. The lowest BCUT2D eigenvalue weighted by Gasteiger charge is -2.21. The lowest BCUT2D eigenvalue weighted by atomic mass is 10.0. The Morgan fingerprint density at radius 3 is 2.58 bits per heavy atom. The van der Waals surface area contributed by atoms with Crippen LogP contribution in [-0.4, -0.2) is 9.55 Å². The summed E-state index contributed by atoms with van der Waals surface area (Å²) in [7, 11) is 0. The lowest BCUT2D eigenvalue weighted by molar-refractivity contribution is 0.525. The van der Waals surface area contributed by atoms with Gasteiger partial charge in [-0.15, -0.1) is 0 Å². The Kier molecular flexibility index (Phi) is 2.64. The van der Waals surface area contributed by atoms with Gasteiger partial charge in [0.2, 0.25) is 0 Å². The molecule has 0 radical (unpaired) electrons. The number of hydrogen-bond acceptors (Lipinski definition) is 2. The van der Waals surface area contributed by atoms with Crippen molar-refractivity contribution in [2.75, 3.05) is 0 Å². The molecule has 2 N–H and O–H groups in total. The Labute approximate surface area is 112 Å². The van der Waals surface area contributed by atoms with Crippen LogP contribution in [0.3, 0.4) is 0 Å². The molecular formula is C16H17N3. The largest absolute Gasteiger partial charge is 0.321 e. The van der Waals surface area contributed by atoms with Crippen LogP contribution < -0.4 is 5.73 Å². The van der Waals surface area contributed by atoms with E-state index in [1.807, 2.05) is 32.4 Å². The summed E-state index contributed by atoms with van der Waals surface area (Å²) in [5, 5.41) is 2.42. The van der Waals surface area contributed by atoms with E-state index in [1.165, 1.54) is 10.8 Å². The molecular weight excluding hydrogens is 234 g/mol. The van der Waals surface area contributed by atoms with Gasteiger partial charge in [-0.25, -0.2) is 4.98 Å². The fourth-order valence-electron chi connectivity index (χ4n) is 2.38. The van der Waals surface area contributed by atoms with Crippen LogP contribution >= 0.6 is 0 Å². The smallest absolute Gasteiger partial charge is 0.0995 e. The summed E-state index contributed by atoms with van der Waals surface area (Å²) >= 11 is 0. The maximum Gasteiger partial charge on any atom is 0.0995 e. The molecule has 0 spiro atoms. The maximum absolute atomic E-state index is 6.22. The average Bonchev–Trinajstić information content (AvgIpc) is 2.87. The van der Waals surface area contributed by atoms with Crippen molar-refractivity contribution in [3.63, 3.8) is 0 Å². The van der Waals surface area contributed by atoms with E-state index in [1.54, 1.807) is 0 Å². The zero-order valence-electron chi connectivity index (χ0n) is 11.2. The van der Waals surface area contributed by atoms with Crippen LogP contribution in [0.1, 0.15) is 19.5 Å². The summed E-state index contributed by atoms with van der Waals surface area (Å²) in [4.78, 5) is 4.25. The number of nitrogens with zero attached hydrogens (tertiary/aromatic N) is 2. The van der Waals surface area contributed by atoms with E-state index >= 15 is 0 Å². The number of benzene rings is 2. The molecule has 0 aliphatic heterocycles. The van der Waals surface area contributed by atoms with Gasteiger partial charge in [0, 0.05) is 5.39 Å². The molecule has 0 amide bonds. The third-order valence-corrected chi connectivity index (χ3v) is 3.32. The van der Waals surface area contributed by atoms with Crippen molar-refractivity contribution in [3.8, 4) is 5.69 Å². The minimum atomic E-state index is -0.423. The molecule has 0 bridgehead atoms. The summed E-state index contributed by atoms with van der Waals surface area (Å²) < 4.78 is 2.07. The van der Waals surface area contributed by atoms with Gasteiger partial charge in [0.25, 0.3) is 0 Å². The molecule has 19 heavy (non-hydrogen) atoms. The van der Waals surface area contributed by atoms with E-state index < -0.39 is 5.54 Å². The highest BCUT2D eigenvalue weighted by Gasteiger charge is 2.20. The fourth-order valence-corrected chi connectivity index (χ4v) is 2.38. The Hall–Kier alpha value is -2.13. The second-order valence-corrected chi connectivity index (χ2v) is 5.37. The first kappa shape index (κ1) is 11.9. The van der Waals surface area contributed by atoms with Gasteiger partial charge in [-0.2, -0.15) is 0 Å². The van der Waals surface area contributed by atoms with E-state index in [9.17, 15) is 0 Å². The molecule has 0 saturated heterocycles. The first-order valence-electron chi connectivity index (χ1n) is 6.37. The van der Waals surface area contributed by atoms with Crippen molar-refractivity contribution in [1.82, 2.24) is 9.55 Å². The van der Waals surface area contributed by atoms with Crippen LogP contribution in [0.2, 0.25) is 0 Å². The van der Waals surface area contributed by atoms with Crippen molar-refractivity contribution in [2.45, 2.75) is 19.4 Å². The quantitative estimate of drug-likeness (QED) is 0.760. The normalized spacial score (nSPS) is 11.9. The molecule has 0 atom stereocenters. The van der Waals surface area contributed by atoms with Gasteiger partial charge >= 0.3 is 0 Å². The fraction of sp³-hybridized carbons (Fsp3) is 0.188. The summed E-state index contributed by atoms with van der Waals surface area (Å²) in [6, 6.07) is 14.6. The van der Waals surface area contributed by atoms with Crippen LogP contribution in [0.5, 0.6) is 0 Å². The predicted octanol–water partition coefficient (Wildman–Crippen LogP) is 3.22. The highest BCUT2D eigenvalue weighted by atomic mass is 15.1. The monoisotopic (exact) mass is 251 g/mol. The molecule has 1 heterocycles. The Bertz CT molecular complexity index is 715. The lowest BCUT2D eigenvalue weighted by Crippen LogP contribution is -2.31. The van der Waals surface area contributed by atoms with E-state index in [2.05, 4.69) is 45.9 Å². The van der Waals surface area contributed by atoms with E-state index in [4.69, 9.17) is 5.73 Å². The number of imidazole rings is 1. The van der Waals surface area contributed by atoms with Gasteiger partial charge in [0.05, 0.1) is 29.4 Å². The van der Waals surface area contributed by atoms with Crippen molar-refractivity contribution in [1.29, 1.82) is 0 Å². The average molecular weight is 251 g/mol. The van der Waals surface area contributed by atoms with Gasteiger partial charge in [-0.1, -0.05) is 36.4 Å². The van der Waals surface area contributed by atoms with Crippen LogP contribution in [0.25, 0.3) is 16.5 Å². The highest BCUT2D eigenvalue weighted by molar-refractivity contribution is 5.90. The number of fused-ring (bicyclic) bond motifs is 1. The molecule has 0 aliphatic rings. The van der Waals surface area contributed by atoms with Gasteiger partial charge in [0.15, 0.2) is 0 Å². The molecule has 3 rings (SSSR count). The SMILES string of the molecule is CC(C)(N)c1cncn1-c1cccc2ccccc12. The van der Waals surface area contributed by atoms with E-state index in [0.29, 0.717) is 0 Å². The number of aromatic nitrogens is 2. The number of nitrogens with two attached hydrogens (primary N) is 1. The Balaban J connectivity index is 2.29. The highest BCUT2D eigenvalue weighted by Crippen LogP contribution is 2.26. The van der Waals surface area contributed by atoms with Gasteiger partial charge < -0.3 is 10.3 Å².